The first-order valence-corrected chi connectivity index (χ1v) is 8.97. The zero-order chi connectivity index (χ0) is 17.7. The summed E-state index contributed by atoms with van der Waals surface area (Å²) in [6.07, 6.45) is 1.41. The number of nitrogens with zero attached hydrogens (tertiary/aromatic N) is 2. The molecule has 2 aromatic rings. The highest BCUT2D eigenvalue weighted by atomic mass is 32.2. The third kappa shape index (κ3) is 3.94. The monoisotopic (exact) mass is 353 g/mol. The van der Waals surface area contributed by atoms with Gasteiger partial charge in [0.25, 0.3) is 10.0 Å². The molecular formula is C16H20FN3O3S. The van der Waals surface area contributed by atoms with Gasteiger partial charge in [0.1, 0.15) is 22.3 Å². The van der Waals surface area contributed by atoms with E-state index in [1.54, 1.807) is 12.1 Å². The predicted molar refractivity (Wildman–Crippen MR) is 91.6 cm³/mol. The van der Waals surface area contributed by atoms with Crippen LogP contribution < -0.4 is 14.4 Å². The number of anilines is 2. The minimum Gasteiger partial charge on any atom is -0.497 e. The van der Waals surface area contributed by atoms with Crippen LogP contribution in [0.4, 0.5) is 15.9 Å². The fourth-order valence-electron chi connectivity index (χ4n) is 2.22. The van der Waals surface area contributed by atoms with Gasteiger partial charge in [-0.1, -0.05) is 0 Å². The van der Waals surface area contributed by atoms with E-state index < -0.39 is 20.7 Å². The number of halogens is 1. The minimum absolute atomic E-state index is 0.247. The van der Waals surface area contributed by atoms with E-state index in [0.717, 1.165) is 31.0 Å². The molecule has 0 amide bonds. The Balaban J connectivity index is 2.23. The van der Waals surface area contributed by atoms with Crippen LogP contribution >= 0.6 is 0 Å². The van der Waals surface area contributed by atoms with E-state index in [2.05, 4.69) is 9.71 Å². The standard InChI is InChI=1S/C16H20FN3O3S/c1-4-20(5-2)16-9-6-12(11-18-16)19-24(21,22)15-8-7-13(23-3)10-14(15)17/h6-11,19H,4-5H2,1-3H3. The predicted octanol–water partition coefficient (Wildman–Crippen LogP) is 2.88. The van der Waals surface area contributed by atoms with Gasteiger partial charge in [0.15, 0.2) is 0 Å². The summed E-state index contributed by atoms with van der Waals surface area (Å²) >= 11 is 0. The largest absolute Gasteiger partial charge is 0.497 e. The van der Waals surface area contributed by atoms with Crippen molar-refractivity contribution in [2.75, 3.05) is 29.8 Å². The number of methoxy groups -OCH3 is 1. The third-order valence-corrected chi connectivity index (χ3v) is 4.93. The van der Waals surface area contributed by atoms with Crippen molar-refractivity contribution in [3.8, 4) is 5.75 Å². The van der Waals surface area contributed by atoms with Crippen LogP contribution in [0.1, 0.15) is 13.8 Å². The first-order valence-electron chi connectivity index (χ1n) is 7.48. The number of sulfonamides is 1. The number of hydrogen-bond donors (Lipinski definition) is 1. The molecule has 0 unspecified atom stereocenters. The molecule has 0 aliphatic heterocycles. The Morgan fingerprint density at radius 3 is 2.42 bits per heavy atom. The molecule has 1 aromatic carbocycles. The minimum atomic E-state index is -4.05. The van der Waals surface area contributed by atoms with Gasteiger partial charge in [0.2, 0.25) is 0 Å². The van der Waals surface area contributed by atoms with Crippen molar-refractivity contribution in [3.63, 3.8) is 0 Å². The van der Waals surface area contributed by atoms with E-state index in [1.807, 2.05) is 18.7 Å². The summed E-state index contributed by atoms with van der Waals surface area (Å²) in [5, 5.41) is 0. The summed E-state index contributed by atoms with van der Waals surface area (Å²) in [6, 6.07) is 6.89. The molecule has 8 heteroatoms. The molecule has 0 saturated heterocycles. The van der Waals surface area contributed by atoms with Gasteiger partial charge in [0.05, 0.1) is 19.0 Å². The SMILES string of the molecule is CCN(CC)c1ccc(NS(=O)(=O)c2ccc(OC)cc2F)cn1. The van der Waals surface area contributed by atoms with Gasteiger partial charge < -0.3 is 9.64 Å². The maximum Gasteiger partial charge on any atom is 0.264 e. The average molecular weight is 353 g/mol. The second kappa shape index (κ2) is 7.48. The van der Waals surface area contributed by atoms with Crippen LogP contribution in [0.2, 0.25) is 0 Å². The Kier molecular flexibility index (Phi) is 5.61. The van der Waals surface area contributed by atoms with E-state index in [9.17, 15) is 12.8 Å². The number of hydrogen-bond acceptors (Lipinski definition) is 5. The summed E-state index contributed by atoms with van der Waals surface area (Å²) in [4.78, 5) is 5.81. The maximum absolute atomic E-state index is 14.0. The Hall–Kier alpha value is -2.35. The molecule has 0 saturated carbocycles. The quantitative estimate of drug-likeness (QED) is 0.829. The van der Waals surface area contributed by atoms with Crippen LogP contribution in [0.25, 0.3) is 0 Å². The van der Waals surface area contributed by atoms with Gasteiger partial charge in [-0.25, -0.2) is 17.8 Å². The first kappa shape index (κ1) is 18.0. The van der Waals surface area contributed by atoms with E-state index in [0.29, 0.717) is 0 Å². The highest BCUT2D eigenvalue weighted by Gasteiger charge is 2.20. The molecule has 0 atom stereocenters. The van der Waals surface area contributed by atoms with Crippen molar-refractivity contribution in [2.45, 2.75) is 18.7 Å². The van der Waals surface area contributed by atoms with E-state index in [1.165, 1.54) is 19.4 Å². The number of aromatic nitrogens is 1. The molecule has 6 nitrogen and oxygen atoms in total. The zero-order valence-electron chi connectivity index (χ0n) is 13.8. The van der Waals surface area contributed by atoms with Crippen molar-refractivity contribution >= 4 is 21.5 Å². The molecule has 1 aromatic heterocycles. The van der Waals surface area contributed by atoms with Crippen LogP contribution in [0, 0.1) is 5.82 Å². The fraction of sp³-hybridized carbons (Fsp3) is 0.312. The third-order valence-electron chi connectivity index (χ3n) is 3.52. The van der Waals surface area contributed by atoms with Crippen molar-refractivity contribution in [1.82, 2.24) is 4.98 Å². The summed E-state index contributed by atoms with van der Waals surface area (Å²) in [6.45, 7) is 5.61. The Labute approximate surface area is 141 Å². The van der Waals surface area contributed by atoms with E-state index in [-0.39, 0.29) is 11.4 Å². The molecule has 0 bridgehead atoms. The number of benzene rings is 1. The van der Waals surface area contributed by atoms with Gasteiger partial charge in [-0.2, -0.15) is 0 Å². The molecule has 0 aliphatic rings. The van der Waals surface area contributed by atoms with Gasteiger partial charge in [-0.3, -0.25) is 4.72 Å². The molecule has 130 valence electrons. The first-order chi connectivity index (χ1) is 11.4. The summed E-state index contributed by atoms with van der Waals surface area (Å²) in [5.74, 6) is 0.116. The zero-order valence-corrected chi connectivity index (χ0v) is 14.6. The second-order valence-corrected chi connectivity index (χ2v) is 6.63. The summed E-state index contributed by atoms with van der Waals surface area (Å²) in [5.41, 5.74) is 0.265. The number of pyridine rings is 1. The molecule has 2 rings (SSSR count). The molecule has 0 fully saturated rings. The van der Waals surface area contributed by atoms with Crippen molar-refractivity contribution in [1.29, 1.82) is 0 Å². The molecule has 0 radical (unpaired) electrons. The van der Waals surface area contributed by atoms with E-state index >= 15 is 0 Å². The summed E-state index contributed by atoms with van der Waals surface area (Å²) < 4.78 is 45.8. The second-order valence-electron chi connectivity index (χ2n) is 4.98. The van der Waals surface area contributed by atoms with Crippen molar-refractivity contribution < 1.29 is 17.5 Å². The van der Waals surface area contributed by atoms with Crippen LogP contribution in [0.5, 0.6) is 5.75 Å². The lowest BCUT2D eigenvalue weighted by Crippen LogP contribution is -2.23. The highest BCUT2D eigenvalue weighted by Crippen LogP contribution is 2.23. The number of nitrogens with one attached hydrogen (secondary N) is 1. The molecule has 0 aliphatic carbocycles. The number of rotatable bonds is 7. The van der Waals surface area contributed by atoms with Crippen LogP contribution in [-0.2, 0) is 10.0 Å². The Bertz CT molecular complexity index is 791. The van der Waals surface area contributed by atoms with Gasteiger partial charge in [-0.15, -0.1) is 0 Å². The number of ether oxygens (including phenoxy) is 1. The normalized spacial score (nSPS) is 11.2. The van der Waals surface area contributed by atoms with Crippen LogP contribution in [0.15, 0.2) is 41.4 Å². The van der Waals surface area contributed by atoms with Crippen LogP contribution in [-0.4, -0.2) is 33.6 Å². The lowest BCUT2D eigenvalue weighted by molar-refractivity contribution is 0.410. The maximum atomic E-state index is 14.0. The molecule has 1 N–H and O–H groups in total. The smallest absolute Gasteiger partial charge is 0.264 e. The van der Waals surface area contributed by atoms with Gasteiger partial charge >= 0.3 is 0 Å². The molecular weight excluding hydrogens is 333 g/mol. The Morgan fingerprint density at radius 1 is 1.21 bits per heavy atom. The lowest BCUT2D eigenvalue weighted by Gasteiger charge is -2.19. The molecule has 0 spiro atoms. The molecule has 1 heterocycles. The lowest BCUT2D eigenvalue weighted by atomic mass is 10.3. The van der Waals surface area contributed by atoms with Gasteiger partial charge in [-0.05, 0) is 38.1 Å². The summed E-state index contributed by atoms with van der Waals surface area (Å²) in [7, 11) is -2.67. The van der Waals surface area contributed by atoms with Crippen LogP contribution in [0.3, 0.4) is 0 Å². The fourth-order valence-corrected chi connectivity index (χ4v) is 3.32. The average Bonchev–Trinajstić information content (AvgIpc) is 2.56. The molecule has 24 heavy (non-hydrogen) atoms. The van der Waals surface area contributed by atoms with Gasteiger partial charge in [0, 0.05) is 19.2 Å². The van der Waals surface area contributed by atoms with Crippen molar-refractivity contribution in [3.05, 3.63) is 42.3 Å². The van der Waals surface area contributed by atoms with Crippen molar-refractivity contribution in [2.24, 2.45) is 0 Å². The highest BCUT2D eigenvalue weighted by molar-refractivity contribution is 7.92. The van der Waals surface area contributed by atoms with E-state index in [4.69, 9.17) is 4.74 Å². The Morgan fingerprint density at radius 2 is 1.92 bits per heavy atom. The topological polar surface area (TPSA) is 71.5 Å².